The van der Waals surface area contributed by atoms with Gasteiger partial charge in [0, 0.05) is 19.8 Å². The Kier molecular flexibility index (Phi) is 3.96. The van der Waals surface area contributed by atoms with Gasteiger partial charge >= 0.3 is 0 Å². The van der Waals surface area contributed by atoms with Gasteiger partial charge in [-0.3, -0.25) is 4.68 Å². The van der Waals surface area contributed by atoms with Gasteiger partial charge in [0.2, 0.25) is 0 Å². The number of hydrogen-bond donors (Lipinski definition) is 1. The molecule has 0 amide bonds. The maximum atomic E-state index is 4.54. The van der Waals surface area contributed by atoms with Gasteiger partial charge in [0.1, 0.15) is 11.5 Å². The van der Waals surface area contributed by atoms with E-state index < -0.39 is 0 Å². The molecular formula is C12H16BrN5. The summed E-state index contributed by atoms with van der Waals surface area (Å²) < 4.78 is 2.69. The Morgan fingerprint density at radius 3 is 2.67 bits per heavy atom. The highest BCUT2D eigenvalue weighted by molar-refractivity contribution is 9.10. The second kappa shape index (κ2) is 5.48. The lowest BCUT2D eigenvalue weighted by Gasteiger charge is -2.10. The van der Waals surface area contributed by atoms with E-state index in [2.05, 4.69) is 43.2 Å². The Balaban J connectivity index is 2.51. The van der Waals surface area contributed by atoms with Crippen molar-refractivity contribution in [1.29, 1.82) is 0 Å². The summed E-state index contributed by atoms with van der Waals surface area (Å²) in [5, 5.41) is 7.57. The van der Waals surface area contributed by atoms with Crippen molar-refractivity contribution >= 4 is 21.7 Å². The molecular weight excluding hydrogens is 294 g/mol. The van der Waals surface area contributed by atoms with E-state index in [1.807, 2.05) is 26.2 Å². The van der Waals surface area contributed by atoms with Crippen LogP contribution in [0.2, 0.25) is 0 Å². The van der Waals surface area contributed by atoms with Crippen molar-refractivity contribution in [3.63, 3.8) is 0 Å². The van der Waals surface area contributed by atoms with Gasteiger partial charge in [0.15, 0.2) is 5.82 Å². The highest BCUT2D eigenvalue weighted by atomic mass is 79.9. The van der Waals surface area contributed by atoms with Crippen LogP contribution in [0.4, 0.5) is 5.82 Å². The number of halogens is 1. The van der Waals surface area contributed by atoms with Crippen molar-refractivity contribution in [3.05, 3.63) is 22.4 Å². The fourth-order valence-corrected chi connectivity index (χ4v) is 2.26. The highest BCUT2D eigenvalue weighted by Crippen LogP contribution is 2.26. The lowest BCUT2D eigenvalue weighted by atomic mass is 10.3. The van der Waals surface area contributed by atoms with Gasteiger partial charge in [0.05, 0.1) is 10.2 Å². The predicted octanol–water partition coefficient (Wildman–Crippen LogP) is 2.63. The zero-order chi connectivity index (χ0) is 13.1. The summed E-state index contributed by atoms with van der Waals surface area (Å²) in [5.74, 6) is 1.48. The molecule has 0 fully saturated rings. The van der Waals surface area contributed by atoms with Gasteiger partial charge < -0.3 is 5.32 Å². The number of anilines is 1. The number of nitrogens with zero attached hydrogens (tertiary/aromatic N) is 4. The molecule has 2 heterocycles. The summed E-state index contributed by atoms with van der Waals surface area (Å²) in [7, 11) is 1.88. The van der Waals surface area contributed by atoms with Gasteiger partial charge in [0.25, 0.3) is 0 Å². The molecule has 0 spiro atoms. The summed E-state index contributed by atoms with van der Waals surface area (Å²) in [6.07, 6.45) is 2.74. The topological polar surface area (TPSA) is 55.6 Å². The fraction of sp³-hybridized carbons (Fsp3) is 0.417. The van der Waals surface area contributed by atoms with Crippen molar-refractivity contribution in [3.8, 4) is 11.5 Å². The summed E-state index contributed by atoms with van der Waals surface area (Å²) in [6, 6.07) is 1.92. The Hall–Kier alpha value is -1.43. The minimum Gasteiger partial charge on any atom is -0.369 e. The Morgan fingerprint density at radius 2 is 2.11 bits per heavy atom. The molecule has 0 aliphatic rings. The van der Waals surface area contributed by atoms with Crippen LogP contribution in [0.15, 0.2) is 16.7 Å². The van der Waals surface area contributed by atoms with E-state index >= 15 is 0 Å². The average Bonchev–Trinajstić information content (AvgIpc) is 2.79. The van der Waals surface area contributed by atoms with Gasteiger partial charge in [-0.25, -0.2) is 9.97 Å². The smallest absolute Gasteiger partial charge is 0.182 e. The lowest BCUT2D eigenvalue weighted by molar-refractivity contribution is 0.768. The van der Waals surface area contributed by atoms with E-state index in [1.165, 1.54) is 0 Å². The minimum atomic E-state index is 0.659. The van der Waals surface area contributed by atoms with E-state index in [4.69, 9.17) is 0 Å². The molecule has 6 heteroatoms. The van der Waals surface area contributed by atoms with Gasteiger partial charge in [-0.2, -0.15) is 5.10 Å². The van der Waals surface area contributed by atoms with Crippen LogP contribution >= 0.6 is 15.9 Å². The van der Waals surface area contributed by atoms with Crippen LogP contribution in [0.3, 0.4) is 0 Å². The van der Waals surface area contributed by atoms with Crippen molar-refractivity contribution in [2.24, 2.45) is 7.05 Å². The van der Waals surface area contributed by atoms with Crippen molar-refractivity contribution in [1.82, 2.24) is 19.7 Å². The molecule has 18 heavy (non-hydrogen) atoms. The molecule has 0 atom stereocenters. The molecule has 0 aliphatic carbocycles. The van der Waals surface area contributed by atoms with Gasteiger partial charge in [-0.1, -0.05) is 6.92 Å². The largest absolute Gasteiger partial charge is 0.369 e. The maximum absolute atomic E-state index is 4.54. The first-order chi connectivity index (χ1) is 8.65. The molecule has 0 aliphatic heterocycles. The zero-order valence-electron chi connectivity index (χ0n) is 10.7. The van der Waals surface area contributed by atoms with Crippen LogP contribution in [0.25, 0.3) is 11.5 Å². The summed E-state index contributed by atoms with van der Waals surface area (Å²) in [6.45, 7) is 4.94. The zero-order valence-corrected chi connectivity index (χ0v) is 12.3. The third-order valence-corrected chi connectivity index (χ3v) is 3.37. The van der Waals surface area contributed by atoms with E-state index in [9.17, 15) is 0 Å². The van der Waals surface area contributed by atoms with Crippen molar-refractivity contribution in [2.45, 2.75) is 20.3 Å². The van der Waals surface area contributed by atoms with E-state index in [1.54, 1.807) is 4.68 Å². The first kappa shape index (κ1) is 13.0. The van der Waals surface area contributed by atoms with Crippen LogP contribution in [0, 0.1) is 0 Å². The first-order valence-electron chi connectivity index (χ1n) is 5.96. The minimum absolute atomic E-state index is 0.659. The standard InChI is InChI=1S/C12H16BrN5/c1-4-8-10(13)12(14-5-2)16-11(15-8)9-6-7-18(3)17-9/h6-7H,4-5H2,1-3H3,(H,14,15,16). The van der Waals surface area contributed by atoms with Gasteiger partial charge in [-0.05, 0) is 35.3 Å². The highest BCUT2D eigenvalue weighted by Gasteiger charge is 2.13. The van der Waals surface area contributed by atoms with Crippen LogP contribution in [-0.2, 0) is 13.5 Å². The Morgan fingerprint density at radius 1 is 1.33 bits per heavy atom. The summed E-state index contributed by atoms with van der Waals surface area (Å²) >= 11 is 3.54. The van der Waals surface area contributed by atoms with Crippen LogP contribution in [0.5, 0.6) is 0 Å². The quantitative estimate of drug-likeness (QED) is 0.943. The normalized spacial score (nSPS) is 10.7. The Labute approximate surface area is 115 Å². The molecule has 1 N–H and O–H groups in total. The lowest BCUT2D eigenvalue weighted by Crippen LogP contribution is -2.06. The van der Waals surface area contributed by atoms with Crippen LogP contribution < -0.4 is 5.32 Å². The van der Waals surface area contributed by atoms with Crippen LogP contribution in [0.1, 0.15) is 19.5 Å². The Bertz CT molecular complexity index is 549. The van der Waals surface area contributed by atoms with Crippen molar-refractivity contribution < 1.29 is 0 Å². The monoisotopic (exact) mass is 309 g/mol. The van der Waals surface area contributed by atoms with E-state index in [0.29, 0.717) is 5.82 Å². The number of aryl methyl sites for hydroxylation is 2. The number of nitrogens with one attached hydrogen (secondary N) is 1. The fourth-order valence-electron chi connectivity index (χ4n) is 1.66. The molecule has 0 saturated heterocycles. The third-order valence-electron chi connectivity index (χ3n) is 2.54. The predicted molar refractivity (Wildman–Crippen MR) is 75.5 cm³/mol. The first-order valence-corrected chi connectivity index (χ1v) is 6.75. The number of hydrogen-bond acceptors (Lipinski definition) is 4. The average molecular weight is 310 g/mol. The molecule has 2 rings (SSSR count). The molecule has 96 valence electrons. The molecule has 2 aromatic heterocycles. The molecule has 0 unspecified atom stereocenters. The number of aromatic nitrogens is 4. The molecule has 0 radical (unpaired) electrons. The SMILES string of the molecule is CCNc1nc(-c2ccn(C)n2)nc(CC)c1Br. The molecule has 2 aromatic rings. The summed E-state index contributed by atoms with van der Waals surface area (Å²) in [5.41, 5.74) is 1.78. The second-order valence-corrected chi connectivity index (χ2v) is 4.71. The van der Waals surface area contributed by atoms with E-state index in [0.717, 1.165) is 34.6 Å². The van der Waals surface area contributed by atoms with Gasteiger partial charge in [-0.15, -0.1) is 0 Å². The second-order valence-electron chi connectivity index (χ2n) is 3.92. The molecule has 0 saturated carbocycles. The third kappa shape index (κ3) is 2.53. The molecule has 5 nitrogen and oxygen atoms in total. The summed E-state index contributed by atoms with van der Waals surface area (Å²) in [4.78, 5) is 9.05. The molecule has 0 bridgehead atoms. The van der Waals surface area contributed by atoms with E-state index in [-0.39, 0.29) is 0 Å². The number of rotatable bonds is 4. The maximum Gasteiger partial charge on any atom is 0.182 e. The van der Waals surface area contributed by atoms with Crippen molar-refractivity contribution in [2.75, 3.05) is 11.9 Å². The van der Waals surface area contributed by atoms with Crippen LogP contribution in [-0.4, -0.2) is 26.3 Å². The molecule has 0 aromatic carbocycles.